The number of ketones is 1. The molecular formula is C38H41F3N2O6S2. The summed E-state index contributed by atoms with van der Waals surface area (Å²) in [5, 5.41) is 13.4. The van der Waals surface area contributed by atoms with Crippen LogP contribution in [0.15, 0.2) is 90.3 Å². The summed E-state index contributed by atoms with van der Waals surface area (Å²) in [6, 6.07) is 23.4. The minimum Gasteiger partial charge on any atom is -0.406 e. The summed E-state index contributed by atoms with van der Waals surface area (Å²) in [6.45, 7) is 0.530. The van der Waals surface area contributed by atoms with Crippen molar-refractivity contribution in [3.05, 3.63) is 117 Å². The number of benzene rings is 3. The maximum Gasteiger partial charge on any atom is 0.573 e. The number of thiophene rings is 1. The third-order valence-corrected chi connectivity index (χ3v) is 11.3. The second-order valence-corrected chi connectivity index (χ2v) is 15.9. The van der Waals surface area contributed by atoms with Gasteiger partial charge in [-0.05, 0) is 97.3 Å². The van der Waals surface area contributed by atoms with Crippen LogP contribution in [0.4, 0.5) is 18.9 Å². The predicted octanol–water partition coefficient (Wildman–Crippen LogP) is 7.84. The number of anilines is 1. The summed E-state index contributed by atoms with van der Waals surface area (Å²) in [7, 11) is -2.37. The van der Waals surface area contributed by atoms with Gasteiger partial charge in [0.25, 0.3) is 5.91 Å². The van der Waals surface area contributed by atoms with Crippen molar-refractivity contribution >= 4 is 38.7 Å². The first-order valence-electron chi connectivity index (χ1n) is 16.7. The third kappa shape index (κ3) is 10.4. The number of rotatable bonds is 15. The molecule has 1 aliphatic rings. The fourth-order valence-electron chi connectivity index (χ4n) is 6.49. The number of sulfonamides is 1. The van der Waals surface area contributed by atoms with Gasteiger partial charge >= 0.3 is 6.36 Å². The minimum absolute atomic E-state index is 0.0911. The van der Waals surface area contributed by atoms with Crippen molar-refractivity contribution in [1.82, 2.24) is 4.90 Å². The van der Waals surface area contributed by atoms with E-state index >= 15 is 0 Å². The van der Waals surface area contributed by atoms with Crippen LogP contribution in [0.1, 0.15) is 74.9 Å². The number of aryl methyl sites for hydroxylation is 1. The molecule has 0 spiro atoms. The van der Waals surface area contributed by atoms with E-state index in [0.29, 0.717) is 31.4 Å². The van der Waals surface area contributed by atoms with Crippen LogP contribution >= 0.6 is 11.3 Å². The van der Waals surface area contributed by atoms with Gasteiger partial charge in [0, 0.05) is 36.0 Å². The number of hydrogen-bond donors (Lipinski definition) is 1. The first kappa shape index (κ1) is 38.0. The molecule has 0 radical (unpaired) electrons. The second-order valence-electron chi connectivity index (χ2n) is 12.9. The van der Waals surface area contributed by atoms with Gasteiger partial charge in [0.1, 0.15) is 5.75 Å². The van der Waals surface area contributed by atoms with Gasteiger partial charge in [-0.15, -0.1) is 24.5 Å². The summed E-state index contributed by atoms with van der Waals surface area (Å²) in [5.74, 6) is -1.52. The van der Waals surface area contributed by atoms with E-state index < -0.39 is 28.4 Å². The molecule has 1 amide bonds. The molecule has 0 aliphatic carbocycles. The van der Waals surface area contributed by atoms with Crippen molar-refractivity contribution in [2.75, 3.05) is 24.2 Å². The molecule has 1 fully saturated rings. The number of nitrogens with zero attached hydrogens (tertiary/aromatic N) is 2. The molecule has 1 aromatic heterocycles. The van der Waals surface area contributed by atoms with Crippen molar-refractivity contribution < 1.29 is 41.0 Å². The number of likely N-dealkylation sites (tertiary alicyclic amines) is 1. The molecule has 51 heavy (non-hydrogen) atoms. The summed E-state index contributed by atoms with van der Waals surface area (Å²) >= 11 is 1.57. The molecule has 4 aromatic rings. The Bertz CT molecular complexity index is 1900. The molecule has 1 saturated heterocycles. The van der Waals surface area contributed by atoms with Crippen molar-refractivity contribution in [3.63, 3.8) is 0 Å². The standard InChI is InChI=1S/C38H41F3N2O6S2/c1-42(51(2,47)48)31-23-29(22-30(24-31)37(46)43-18-8-15-33(43)36-17-9-19-50-36)35(45)25-28(20-26-10-4-3-5-11-26)34(44)16-7-13-27-12-6-14-32(21-27)49-38(39,40)41/h3-6,9-12,14,17,19,21-24,28,33-34,44H,7-8,13,15-16,18,20,25H2,1-2H3/t28-,33?,34-/m1/s1. The summed E-state index contributed by atoms with van der Waals surface area (Å²) in [5.41, 5.74) is 2.05. The Morgan fingerprint density at radius 2 is 1.73 bits per heavy atom. The van der Waals surface area contributed by atoms with Crippen molar-refractivity contribution in [1.29, 1.82) is 0 Å². The highest BCUT2D eigenvalue weighted by Crippen LogP contribution is 2.36. The van der Waals surface area contributed by atoms with Crippen LogP contribution in [0.25, 0.3) is 0 Å². The van der Waals surface area contributed by atoms with Gasteiger partial charge < -0.3 is 14.7 Å². The zero-order chi connectivity index (χ0) is 36.8. The zero-order valence-electron chi connectivity index (χ0n) is 28.4. The molecule has 3 atom stereocenters. The lowest BCUT2D eigenvalue weighted by Gasteiger charge is -2.26. The van der Waals surface area contributed by atoms with Gasteiger partial charge in [0.05, 0.1) is 24.1 Å². The Morgan fingerprint density at radius 3 is 2.41 bits per heavy atom. The molecule has 3 aromatic carbocycles. The molecule has 13 heteroatoms. The molecule has 8 nitrogen and oxygen atoms in total. The van der Waals surface area contributed by atoms with E-state index in [-0.39, 0.29) is 53.1 Å². The Hall–Kier alpha value is -4.20. The topological polar surface area (TPSA) is 104 Å². The predicted molar refractivity (Wildman–Crippen MR) is 192 cm³/mol. The van der Waals surface area contributed by atoms with E-state index in [9.17, 15) is 36.3 Å². The summed E-state index contributed by atoms with van der Waals surface area (Å²) < 4.78 is 68.3. The Balaban J connectivity index is 1.37. The van der Waals surface area contributed by atoms with Gasteiger partial charge in [0.2, 0.25) is 10.0 Å². The first-order chi connectivity index (χ1) is 24.2. The first-order valence-corrected chi connectivity index (χ1v) is 19.4. The van der Waals surface area contributed by atoms with Crippen molar-refractivity contribution in [2.24, 2.45) is 5.92 Å². The zero-order valence-corrected chi connectivity index (χ0v) is 30.0. The quantitative estimate of drug-likeness (QED) is 0.125. The number of halogens is 3. The molecule has 0 saturated carbocycles. The largest absolute Gasteiger partial charge is 0.573 e. The van der Waals surface area contributed by atoms with Crippen LogP contribution in [0.5, 0.6) is 5.75 Å². The van der Waals surface area contributed by atoms with Gasteiger partial charge in [-0.25, -0.2) is 8.42 Å². The van der Waals surface area contributed by atoms with Gasteiger partial charge in [-0.3, -0.25) is 13.9 Å². The number of carbonyl (C=O) groups excluding carboxylic acids is 2. The molecule has 1 unspecified atom stereocenters. The molecule has 272 valence electrons. The maximum atomic E-state index is 14.1. The molecule has 0 bridgehead atoms. The number of aliphatic hydroxyl groups is 1. The van der Waals surface area contributed by atoms with Gasteiger partial charge in [-0.1, -0.05) is 48.5 Å². The Morgan fingerprint density at radius 1 is 1.00 bits per heavy atom. The Kier molecular flexibility index (Phi) is 12.3. The van der Waals surface area contributed by atoms with Crippen LogP contribution in [0.3, 0.4) is 0 Å². The van der Waals surface area contributed by atoms with E-state index in [4.69, 9.17) is 0 Å². The number of Topliss-reactive ketones (excluding diaryl/α,β-unsaturated/α-hetero) is 1. The second kappa shape index (κ2) is 16.4. The van der Waals surface area contributed by atoms with E-state index in [1.807, 2.05) is 47.8 Å². The molecule has 5 rings (SSSR count). The lowest BCUT2D eigenvalue weighted by atomic mass is 9.85. The lowest BCUT2D eigenvalue weighted by molar-refractivity contribution is -0.274. The molecule has 1 N–H and O–H groups in total. The van der Waals surface area contributed by atoms with Crippen LogP contribution in [-0.2, 0) is 22.9 Å². The fourth-order valence-corrected chi connectivity index (χ4v) is 7.85. The van der Waals surface area contributed by atoms with Crippen LogP contribution in [-0.4, -0.2) is 62.4 Å². The van der Waals surface area contributed by atoms with Gasteiger partial charge in [-0.2, -0.15) is 0 Å². The lowest BCUT2D eigenvalue weighted by Crippen LogP contribution is -2.31. The summed E-state index contributed by atoms with van der Waals surface area (Å²) in [4.78, 5) is 30.9. The maximum absolute atomic E-state index is 14.1. The average Bonchev–Trinajstić information content (AvgIpc) is 3.79. The third-order valence-electron chi connectivity index (χ3n) is 9.16. The molecule has 1 aliphatic heterocycles. The van der Waals surface area contributed by atoms with Crippen LogP contribution < -0.4 is 9.04 Å². The van der Waals surface area contributed by atoms with E-state index in [2.05, 4.69) is 4.74 Å². The van der Waals surface area contributed by atoms with E-state index in [1.54, 1.807) is 22.3 Å². The monoisotopic (exact) mass is 742 g/mol. The number of carbonyl (C=O) groups is 2. The number of aliphatic hydroxyl groups excluding tert-OH is 1. The van der Waals surface area contributed by atoms with Crippen molar-refractivity contribution in [2.45, 2.75) is 63.5 Å². The van der Waals surface area contributed by atoms with Gasteiger partial charge in [0.15, 0.2) is 5.78 Å². The average molecular weight is 743 g/mol. The molecular weight excluding hydrogens is 702 g/mol. The van der Waals surface area contributed by atoms with Crippen LogP contribution in [0, 0.1) is 5.92 Å². The van der Waals surface area contributed by atoms with Crippen molar-refractivity contribution in [3.8, 4) is 5.75 Å². The number of hydrogen-bond acceptors (Lipinski definition) is 7. The van der Waals surface area contributed by atoms with Crippen LogP contribution in [0.2, 0.25) is 0 Å². The number of alkyl halides is 3. The number of ether oxygens (including phenoxy) is 1. The van der Waals surface area contributed by atoms with E-state index in [0.717, 1.165) is 33.8 Å². The molecule has 2 heterocycles. The smallest absolute Gasteiger partial charge is 0.406 e. The Labute approximate surface area is 300 Å². The fraction of sp³-hybridized carbons (Fsp3) is 0.368. The van der Waals surface area contributed by atoms with E-state index in [1.165, 1.54) is 43.4 Å². The highest BCUT2D eigenvalue weighted by molar-refractivity contribution is 7.92. The minimum atomic E-state index is -4.81. The summed E-state index contributed by atoms with van der Waals surface area (Å²) in [6.07, 6.45) is -1.72. The highest BCUT2D eigenvalue weighted by atomic mass is 32.2. The normalized spacial score (nSPS) is 16.1. The number of amides is 1. The highest BCUT2D eigenvalue weighted by Gasteiger charge is 2.33. The SMILES string of the molecule is CN(c1cc(C(=O)C[C@@H](Cc2ccccc2)[C@H](O)CCCc2cccc(OC(F)(F)F)c2)cc(C(=O)N2CCCC2c2cccs2)c1)S(C)(=O)=O.